The molecule has 1 atom stereocenters. The van der Waals surface area contributed by atoms with Gasteiger partial charge >= 0.3 is 0 Å². The smallest absolute Gasteiger partial charge is 0.212 e. The van der Waals surface area contributed by atoms with Crippen LogP contribution in [-0.2, 0) is 15.0 Å². The van der Waals surface area contributed by atoms with Gasteiger partial charge in [0, 0.05) is 0 Å². The number of rotatable bonds is 1. The molecular formula is C3H4O3S. The Bertz CT molecular complexity index is 166. The van der Waals surface area contributed by atoms with Crippen molar-refractivity contribution in [2.24, 2.45) is 0 Å². The normalized spacial score (nSPS) is 26.6. The summed E-state index contributed by atoms with van der Waals surface area (Å²) < 4.78 is 24.0. The number of hydrogen-bond donors (Lipinski definition) is 0. The van der Waals surface area contributed by atoms with Gasteiger partial charge in [-0.25, -0.2) is 0 Å². The van der Waals surface area contributed by atoms with E-state index in [0.717, 1.165) is 5.37 Å². The highest BCUT2D eigenvalue weighted by Crippen LogP contribution is 2.03. The van der Waals surface area contributed by atoms with Crippen LogP contribution in [0.25, 0.3) is 0 Å². The molecule has 1 unspecified atom stereocenters. The second kappa shape index (κ2) is 1.63. The van der Waals surface area contributed by atoms with Gasteiger partial charge in [-0.2, -0.15) is 8.42 Å². The first-order chi connectivity index (χ1) is 3.29. The Hall–Kier alpha value is -0.350. The predicted molar refractivity (Wildman–Crippen MR) is 24.7 cm³/mol. The first kappa shape index (κ1) is 4.80. The molecule has 0 saturated carbocycles. The summed E-state index contributed by atoms with van der Waals surface area (Å²) in [6, 6.07) is 0. The molecule has 1 saturated heterocycles. The lowest BCUT2D eigenvalue weighted by Gasteiger charge is -1.58. The van der Waals surface area contributed by atoms with Gasteiger partial charge < -0.3 is 4.74 Å². The molecule has 0 aromatic heterocycles. The molecule has 0 aromatic carbocycles. The lowest BCUT2D eigenvalue weighted by molar-refractivity contribution is 0.453. The van der Waals surface area contributed by atoms with Crippen molar-refractivity contribution in [3.63, 3.8) is 0 Å². The van der Waals surface area contributed by atoms with Crippen molar-refractivity contribution in [2.75, 3.05) is 6.61 Å². The summed E-state index contributed by atoms with van der Waals surface area (Å²) in [6.45, 7) is 0.563. The lowest BCUT2D eigenvalue weighted by atomic mass is 10.6. The van der Waals surface area contributed by atoms with Crippen molar-refractivity contribution in [1.82, 2.24) is 0 Å². The SMILES string of the molecule is O=S(=O)=CC1CO1. The topological polar surface area (TPSA) is 46.7 Å². The summed E-state index contributed by atoms with van der Waals surface area (Å²) >= 11 is 0. The van der Waals surface area contributed by atoms with E-state index in [2.05, 4.69) is 4.74 Å². The largest absolute Gasteiger partial charge is 0.368 e. The van der Waals surface area contributed by atoms with Gasteiger partial charge in [-0.3, -0.25) is 0 Å². The maximum Gasteiger partial charge on any atom is 0.212 e. The van der Waals surface area contributed by atoms with Crippen LogP contribution >= 0.6 is 0 Å². The van der Waals surface area contributed by atoms with Crippen molar-refractivity contribution in [1.29, 1.82) is 0 Å². The zero-order valence-corrected chi connectivity index (χ0v) is 4.31. The Morgan fingerprint density at radius 3 is 2.43 bits per heavy atom. The summed E-state index contributed by atoms with van der Waals surface area (Å²) in [5.41, 5.74) is 0. The standard InChI is InChI=1S/C3H4O3S/c4-7(5)2-3-1-6-3/h2-3H,1H2. The van der Waals surface area contributed by atoms with E-state index in [-0.39, 0.29) is 6.10 Å². The Labute approximate surface area is 42.4 Å². The molecule has 0 aliphatic carbocycles. The molecule has 7 heavy (non-hydrogen) atoms. The molecule has 0 spiro atoms. The second-order valence-electron chi connectivity index (χ2n) is 1.27. The van der Waals surface area contributed by atoms with E-state index in [4.69, 9.17) is 0 Å². The highest BCUT2D eigenvalue weighted by atomic mass is 32.2. The third-order valence-corrected chi connectivity index (χ3v) is 1.15. The Kier molecular flexibility index (Phi) is 1.12. The van der Waals surface area contributed by atoms with Crippen molar-refractivity contribution in [3.8, 4) is 0 Å². The van der Waals surface area contributed by atoms with Gasteiger partial charge in [-0.05, 0) is 0 Å². The van der Waals surface area contributed by atoms with Crippen LogP contribution in [0.1, 0.15) is 0 Å². The molecule has 0 radical (unpaired) electrons. The first-order valence-corrected chi connectivity index (χ1v) is 2.97. The number of epoxide rings is 1. The van der Waals surface area contributed by atoms with Crippen LogP contribution in [0.2, 0.25) is 0 Å². The van der Waals surface area contributed by atoms with Crippen molar-refractivity contribution < 1.29 is 13.2 Å². The zero-order valence-electron chi connectivity index (χ0n) is 3.49. The van der Waals surface area contributed by atoms with E-state index in [9.17, 15) is 8.42 Å². The molecule has 0 N–H and O–H groups in total. The quantitative estimate of drug-likeness (QED) is 0.331. The van der Waals surface area contributed by atoms with Gasteiger partial charge in [-0.15, -0.1) is 0 Å². The van der Waals surface area contributed by atoms with Gasteiger partial charge in [0.2, 0.25) is 10.3 Å². The van der Waals surface area contributed by atoms with Crippen LogP contribution in [0.15, 0.2) is 0 Å². The highest BCUT2D eigenvalue weighted by Gasteiger charge is 2.19. The Balaban J connectivity index is 2.61. The predicted octanol–water partition coefficient (Wildman–Crippen LogP) is -0.933. The summed E-state index contributed by atoms with van der Waals surface area (Å²) in [4.78, 5) is 0. The Morgan fingerprint density at radius 2 is 2.29 bits per heavy atom. The summed E-state index contributed by atoms with van der Waals surface area (Å²) in [7, 11) is -2.03. The van der Waals surface area contributed by atoms with Gasteiger partial charge in [-0.1, -0.05) is 0 Å². The van der Waals surface area contributed by atoms with Gasteiger partial charge in [0.15, 0.2) is 0 Å². The molecule has 1 rings (SSSR count). The third-order valence-electron chi connectivity index (χ3n) is 0.622. The first-order valence-electron chi connectivity index (χ1n) is 1.83. The molecule has 1 aliphatic rings. The lowest BCUT2D eigenvalue weighted by Crippen LogP contribution is -1.83. The molecule has 4 heteroatoms. The van der Waals surface area contributed by atoms with Gasteiger partial charge in [0.05, 0.1) is 12.0 Å². The van der Waals surface area contributed by atoms with Crippen molar-refractivity contribution >= 4 is 15.7 Å². The summed E-state index contributed by atoms with van der Waals surface area (Å²) in [5.74, 6) is 0. The minimum atomic E-state index is -2.03. The van der Waals surface area contributed by atoms with E-state index in [0.29, 0.717) is 6.61 Å². The van der Waals surface area contributed by atoms with E-state index >= 15 is 0 Å². The second-order valence-corrected chi connectivity index (χ2v) is 2.06. The molecule has 0 aromatic rings. The molecule has 1 fully saturated rings. The minimum Gasteiger partial charge on any atom is -0.368 e. The fourth-order valence-corrected chi connectivity index (χ4v) is 0.663. The van der Waals surface area contributed by atoms with Gasteiger partial charge in [0.25, 0.3) is 0 Å². The fraction of sp³-hybridized carbons (Fsp3) is 0.667. The van der Waals surface area contributed by atoms with Crippen LogP contribution in [-0.4, -0.2) is 26.5 Å². The fourth-order valence-electron chi connectivity index (χ4n) is 0.258. The minimum absolute atomic E-state index is 0.113. The Morgan fingerprint density at radius 1 is 1.71 bits per heavy atom. The molecule has 3 nitrogen and oxygen atoms in total. The molecule has 40 valence electrons. The number of ether oxygens (including phenoxy) is 1. The van der Waals surface area contributed by atoms with Crippen molar-refractivity contribution in [3.05, 3.63) is 0 Å². The van der Waals surface area contributed by atoms with Crippen LogP contribution in [0.3, 0.4) is 0 Å². The molecule has 1 heterocycles. The molecule has 1 aliphatic heterocycles. The van der Waals surface area contributed by atoms with E-state index in [1.54, 1.807) is 0 Å². The van der Waals surface area contributed by atoms with E-state index < -0.39 is 10.3 Å². The van der Waals surface area contributed by atoms with E-state index in [1.165, 1.54) is 0 Å². The van der Waals surface area contributed by atoms with Crippen molar-refractivity contribution in [2.45, 2.75) is 6.10 Å². The van der Waals surface area contributed by atoms with Crippen LogP contribution in [0, 0.1) is 0 Å². The average Bonchev–Trinajstić information content (AvgIpc) is 2.17. The third kappa shape index (κ3) is 1.70. The highest BCUT2D eigenvalue weighted by molar-refractivity contribution is 7.71. The summed E-state index contributed by atoms with van der Waals surface area (Å²) in [6.07, 6.45) is -0.113. The van der Waals surface area contributed by atoms with Gasteiger partial charge in [0.1, 0.15) is 6.10 Å². The molecular weight excluding hydrogens is 116 g/mol. The van der Waals surface area contributed by atoms with Crippen LogP contribution in [0.5, 0.6) is 0 Å². The average molecular weight is 120 g/mol. The molecule has 0 amide bonds. The van der Waals surface area contributed by atoms with Crippen LogP contribution < -0.4 is 0 Å². The maximum atomic E-state index is 9.71. The molecule has 0 bridgehead atoms. The zero-order chi connectivity index (χ0) is 5.28. The summed E-state index contributed by atoms with van der Waals surface area (Å²) in [5, 5.41) is 1.14. The van der Waals surface area contributed by atoms with Crippen LogP contribution in [0.4, 0.5) is 0 Å². The maximum absolute atomic E-state index is 9.71. The number of hydrogen-bond acceptors (Lipinski definition) is 3. The monoisotopic (exact) mass is 120 g/mol. The van der Waals surface area contributed by atoms with E-state index in [1.807, 2.05) is 0 Å².